The van der Waals surface area contributed by atoms with Crippen molar-refractivity contribution >= 4 is 23.6 Å². The van der Waals surface area contributed by atoms with Crippen molar-refractivity contribution in [2.24, 2.45) is 0 Å². The zero-order valence-corrected chi connectivity index (χ0v) is 13.2. The first-order valence-corrected chi connectivity index (χ1v) is 8.40. The second-order valence-electron chi connectivity index (χ2n) is 6.11. The van der Waals surface area contributed by atoms with E-state index >= 15 is 0 Å². The summed E-state index contributed by atoms with van der Waals surface area (Å²) in [6, 6.07) is 6.28. The zero-order valence-electron chi connectivity index (χ0n) is 12.4. The molecule has 0 atom stereocenters. The normalized spacial score (nSPS) is 21.5. The fraction of sp³-hybridized carbons (Fsp3) is 0.588. The summed E-state index contributed by atoms with van der Waals surface area (Å²) in [5, 5.41) is 0.691. The van der Waals surface area contributed by atoms with Gasteiger partial charge in [-0.05, 0) is 50.9 Å². The predicted octanol–water partition coefficient (Wildman–Crippen LogP) is 3.61. The number of carbonyl (C=O) groups is 1. The molecule has 0 bridgehead atoms. The highest BCUT2D eigenvalue weighted by atomic mass is 35.5. The predicted molar refractivity (Wildman–Crippen MR) is 87.5 cm³/mol. The highest BCUT2D eigenvalue weighted by molar-refractivity contribution is 6.33. The van der Waals surface area contributed by atoms with Crippen LogP contribution in [0.15, 0.2) is 18.2 Å². The molecule has 0 aliphatic carbocycles. The number of halogens is 1. The van der Waals surface area contributed by atoms with E-state index < -0.39 is 0 Å². The van der Waals surface area contributed by atoms with Crippen LogP contribution in [0.2, 0.25) is 5.02 Å². The Morgan fingerprint density at radius 1 is 1.05 bits per heavy atom. The number of piperidine rings is 2. The maximum absolute atomic E-state index is 11.2. The minimum Gasteiger partial charge on any atom is -0.370 e. The number of likely N-dealkylation sites (tertiary alicyclic amines) is 1. The summed E-state index contributed by atoms with van der Waals surface area (Å²) in [6.45, 7) is 4.50. The molecule has 2 fully saturated rings. The van der Waals surface area contributed by atoms with Crippen molar-refractivity contribution in [1.29, 1.82) is 0 Å². The molecule has 0 radical (unpaired) electrons. The second-order valence-corrected chi connectivity index (χ2v) is 6.52. The fourth-order valence-electron chi connectivity index (χ4n) is 3.70. The van der Waals surface area contributed by atoms with Gasteiger partial charge in [-0.1, -0.05) is 24.1 Å². The van der Waals surface area contributed by atoms with Crippen molar-refractivity contribution in [3.05, 3.63) is 28.8 Å². The van der Waals surface area contributed by atoms with Gasteiger partial charge in [0.1, 0.15) is 0 Å². The molecule has 0 amide bonds. The summed E-state index contributed by atoms with van der Waals surface area (Å²) in [7, 11) is 0. The Morgan fingerprint density at radius 2 is 1.76 bits per heavy atom. The van der Waals surface area contributed by atoms with Crippen molar-refractivity contribution in [2.45, 2.75) is 38.1 Å². The molecule has 2 heterocycles. The Bertz CT molecular complexity index is 492. The Morgan fingerprint density at radius 3 is 2.43 bits per heavy atom. The Balaban J connectivity index is 1.67. The molecule has 2 aliphatic heterocycles. The molecule has 2 saturated heterocycles. The van der Waals surface area contributed by atoms with Gasteiger partial charge >= 0.3 is 0 Å². The lowest BCUT2D eigenvalue weighted by Gasteiger charge is -2.41. The SMILES string of the molecule is O=Cc1cccc(Cl)c1N1CCC(N2CCCCC2)CC1. The zero-order chi connectivity index (χ0) is 14.7. The molecule has 4 heteroatoms. The van der Waals surface area contributed by atoms with Crippen LogP contribution in [0.1, 0.15) is 42.5 Å². The molecule has 21 heavy (non-hydrogen) atoms. The topological polar surface area (TPSA) is 23.6 Å². The largest absolute Gasteiger partial charge is 0.370 e. The smallest absolute Gasteiger partial charge is 0.152 e. The minimum absolute atomic E-state index is 0.691. The van der Waals surface area contributed by atoms with Crippen LogP contribution in [0, 0.1) is 0 Å². The van der Waals surface area contributed by atoms with Gasteiger partial charge < -0.3 is 9.80 Å². The Labute approximate surface area is 131 Å². The van der Waals surface area contributed by atoms with Gasteiger partial charge in [0.05, 0.1) is 10.7 Å². The van der Waals surface area contributed by atoms with Crippen molar-refractivity contribution in [1.82, 2.24) is 4.90 Å². The van der Waals surface area contributed by atoms with Crippen LogP contribution >= 0.6 is 11.6 Å². The van der Waals surface area contributed by atoms with Gasteiger partial charge in [0, 0.05) is 24.7 Å². The third kappa shape index (κ3) is 3.24. The van der Waals surface area contributed by atoms with Gasteiger partial charge in [-0.3, -0.25) is 4.79 Å². The molecule has 114 valence electrons. The van der Waals surface area contributed by atoms with Gasteiger partial charge in [-0.2, -0.15) is 0 Å². The maximum Gasteiger partial charge on any atom is 0.152 e. The van der Waals surface area contributed by atoms with E-state index in [1.54, 1.807) is 0 Å². The first kappa shape index (κ1) is 14.9. The van der Waals surface area contributed by atoms with Crippen LogP contribution < -0.4 is 4.90 Å². The van der Waals surface area contributed by atoms with E-state index in [9.17, 15) is 4.79 Å². The molecular weight excluding hydrogens is 284 g/mol. The van der Waals surface area contributed by atoms with E-state index in [1.165, 1.54) is 45.2 Å². The summed E-state index contributed by atoms with van der Waals surface area (Å²) in [5.41, 5.74) is 1.63. The maximum atomic E-state index is 11.2. The number of benzene rings is 1. The van der Waals surface area contributed by atoms with Crippen molar-refractivity contribution in [3.8, 4) is 0 Å². The van der Waals surface area contributed by atoms with Gasteiger partial charge in [0.15, 0.2) is 6.29 Å². The van der Waals surface area contributed by atoms with Crippen LogP contribution in [0.25, 0.3) is 0 Å². The van der Waals surface area contributed by atoms with E-state index in [0.717, 1.165) is 25.1 Å². The van der Waals surface area contributed by atoms with Gasteiger partial charge in [0.25, 0.3) is 0 Å². The second kappa shape index (κ2) is 6.80. The first-order valence-electron chi connectivity index (χ1n) is 8.02. The molecule has 0 spiro atoms. The lowest BCUT2D eigenvalue weighted by Crippen LogP contribution is -2.47. The molecular formula is C17H23ClN2O. The number of hydrogen-bond acceptors (Lipinski definition) is 3. The van der Waals surface area contributed by atoms with Crippen molar-refractivity contribution in [2.75, 3.05) is 31.1 Å². The number of anilines is 1. The van der Waals surface area contributed by atoms with Crippen LogP contribution in [-0.4, -0.2) is 43.4 Å². The van der Waals surface area contributed by atoms with Crippen LogP contribution in [0.4, 0.5) is 5.69 Å². The van der Waals surface area contributed by atoms with E-state index in [-0.39, 0.29) is 0 Å². The van der Waals surface area contributed by atoms with E-state index in [0.29, 0.717) is 16.6 Å². The summed E-state index contributed by atoms with van der Waals surface area (Å²) in [6.07, 6.45) is 7.34. The van der Waals surface area contributed by atoms with Crippen LogP contribution in [0.3, 0.4) is 0 Å². The molecule has 1 aromatic rings. The average Bonchev–Trinajstić information content (AvgIpc) is 2.55. The molecule has 1 aromatic carbocycles. The number of rotatable bonds is 3. The Kier molecular flexibility index (Phi) is 4.81. The number of nitrogens with zero attached hydrogens (tertiary/aromatic N) is 2. The molecule has 0 unspecified atom stereocenters. The van der Waals surface area contributed by atoms with E-state index in [2.05, 4.69) is 9.80 Å². The molecule has 0 aromatic heterocycles. The third-order valence-corrected chi connectivity index (χ3v) is 5.14. The molecule has 3 rings (SSSR count). The van der Waals surface area contributed by atoms with E-state index in [1.807, 2.05) is 18.2 Å². The highest BCUT2D eigenvalue weighted by Crippen LogP contribution is 2.32. The monoisotopic (exact) mass is 306 g/mol. The molecule has 0 N–H and O–H groups in total. The number of carbonyl (C=O) groups excluding carboxylic acids is 1. The van der Waals surface area contributed by atoms with Crippen LogP contribution in [0.5, 0.6) is 0 Å². The third-order valence-electron chi connectivity index (χ3n) is 4.83. The molecule has 3 nitrogen and oxygen atoms in total. The first-order chi connectivity index (χ1) is 10.3. The summed E-state index contributed by atoms with van der Waals surface area (Å²) < 4.78 is 0. The number of para-hydroxylation sites is 1. The average molecular weight is 307 g/mol. The van der Waals surface area contributed by atoms with Gasteiger partial charge in [0.2, 0.25) is 0 Å². The fourth-order valence-corrected chi connectivity index (χ4v) is 4.00. The van der Waals surface area contributed by atoms with Gasteiger partial charge in [-0.15, -0.1) is 0 Å². The molecule has 0 saturated carbocycles. The van der Waals surface area contributed by atoms with Crippen molar-refractivity contribution in [3.63, 3.8) is 0 Å². The summed E-state index contributed by atoms with van der Waals surface area (Å²) in [4.78, 5) is 16.2. The summed E-state index contributed by atoms with van der Waals surface area (Å²) in [5.74, 6) is 0. The Hall–Kier alpha value is -1.06. The standard InChI is InChI=1S/C17H23ClN2O/c18-16-6-4-5-14(13-21)17(16)20-11-7-15(8-12-20)19-9-2-1-3-10-19/h4-6,13,15H,1-3,7-12H2. The minimum atomic E-state index is 0.691. The number of aldehydes is 1. The highest BCUT2D eigenvalue weighted by Gasteiger charge is 2.27. The van der Waals surface area contributed by atoms with E-state index in [4.69, 9.17) is 11.6 Å². The lowest BCUT2D eigenvalue weighted by molar-refractivity contribution is 0.112. The quantitative estimate of drug-likeness (QED) is 0.797. The number of hydrogen-bond donors (Lipinski definition) is 0. The van der Waals surface area contributed by atoms with Crippen molar-refractivity contribution < 1.29 is 4.79 Å². The van der Waals surface area contributed by atoms with Gasteiger partial charge in [-0.25, -0.2) is 0 Å². The lowest BCUT2D eigenvalue weighted by atomic mass is 9.99. The molecule has 2 aliphatic rings. The summed E-state index contributed by atoms with van der Waals surface area (Å²) >= 11 is 6.32. The van der Waals surface area contributed by atoms with Crippen LogP contribution in [-0.2, 0) is 0 Å².